The van der Waals surface area contributed by atoms with Crippen LogP contribution in [0.15, 0.2) is 91.0 Å². The molecule has 3 aromatic carbocycles. The van der Waals surface area contributed by atoms with Crippen LogP contribution in [-0.2, 0) is 17.8 Å². The van der Waals surface area contributed by atoms with Crippen molar-refractivity contribution >= 4 is 28.6 Å². The first-order chi connectivity index (χ1) is 19.1. The molecule has 4 aromatic rings. The number of aromatic nitrogens is 2. The van der Waals surface area contributed by atoms with E-state index in [0.29, 0.717) is 37.0 Å². The van der Waals surface area contributed by atoms with E-state index in [1.807, 2.05) is 46.2 Å². The lowest BCUT2D eigenvalue weighted by atomic mass is 10.1. The molecule has 6 nitrogen and oxygen atoms in total. The number of benzene rings is 3. The van der Waals surface area contributed by atoms with Crippen LogP contribution < -0.4 is 4.90 Å². The molecule has 2 heterocycles. The second kappa shape index (κ2) is 13.3. The Kier molecular flexibility index (Phi) is 9.09. The minimum Gasteiger partial charge on any atom is -0.339 e. The van der Waals surface area contributed by atoms with Crippen molar-refractivity contribution in [3.05, 3.63) is 119 Å². The Bertz CT molecular complexity index is 1350. The Morgan fingerprint density at radius 1 is 0.897 bits per heavy atom. The van der Waals surface area contributed by atoms with E-state index in [-0.39, 0.29) is 18.3 Å². The van der Waals surface area contributed by atoms with Gasteiger partial charge in [-0.15, -0.1) is 0 Å². The van der Waals surface area contributed by atoms with Crippen molar-refractivity contribution in [2.75, 3.05) is 44.2 Å². The minimum atomic E-state index is -0.261. The van der Waals surface area contributed by atoms with Gasteiger partial charge in [-0.3, -0.25) is 9.69 Å². The Labute approximate surface area is 233 Å². The van der Waals surface area contributed by atoms with Crippen LogP contribution in [-0.4, -0.2) is 64.3 Å². The smallest absolute Gasteiger partial charge is 0.242 e. The first kappa shape index (κ1) is 26.7. The first-order valence-corrected chi connectivity index (χ1v) is 14.0. The number of hydrogen-bond donors (Lipinski definition) is 0. The monoisotopic (exact) mass is 541 g/mol. The predicted molar refractivity (Wildman–Crippen MR) is 155 cm³/mol. The van der Waals surface area contributed by atoms with Crippen molar-refractivity contribution in [2.24, 2.45) is 0 Å². The number of rotatable bonds is 10. The number of carbonyl (C=O) groups excluding carboxylic acids is 1. The number of piperazine rings is 1. The molecule has 0 aliphatic carbocycles. The summed E-state index contributed by atoms with van der Waals surface area (Å²) in [6, 6.07) is 26.8. The molecular weight excluding hydrogens is 509 g/mol. The molecule has 5 rings (SSSR count). The maximum absolute atomic E-state index is 13.4. The van der Waals surface area contributed by atoms with Gasteiger partial charge in [0.2, 0.25) is 11.0 Å². The van der Waals surface area contributed by atoms with E-state index in [9.17, 15) is 9.18 Å². The number of anilines is 1. The van der Waals surface area contributed by atoms with Crippen LogP contribution in [0, 0.1) is 5.82 Å². The van der Waals surface area contributed by atoms with Gasteiger partial charge in [0.25, 0.3) is 0 Å². The summed E-state index contributed by atoms with van der Waals surface area (Å²) in [5, 5.41) is 0.717. The second-order valence-corrected chi connectivity index (χ2v) is 10.4. The van der Waals surface area contributed by atoms with E-state index in [4.69, 9.17) is 4.98 Å². The zero-order chi connectivity index (χ0) is 26.9. The third kappa shape index (κ3) is 7.81. The molecule has 1 aliphatic heterocycles. The van der Waals surface area contributed by atoms with Crippen LogP contribution >= 0.6 is 11.5 Å². The molecule has 1 fully saturated rings. The Balaban J connectivity index is 1.19. The molecule has 1 saturated heterocycles. The van der Waals surface area contributed by atoms with Crippen molar-refractivity contribution < 1.29 is 9.18 Å². The third-order valence-electron chi connectivity index (χ3n) is 6.74. The summed E-state index contributed by atoms with van der Waals surface area (Å²) in [5.74, 6) is 0.507. The summed E-state index contributed by atoms with van der Waals surface area (Å²) in [4.78, 5) is 24.5. The SMILES string of the molecule is O=C(CN(Cc1ccccc1)c1nc(Cc2ccc(F)cc2)ns1)N1CCN(CC=Cc2ccccc2)CC1. The molecular formula is C31H32FN5OS. The molecule has 8 heteroatoms. The van der Waals surface area contributed by atoms with Gasteiger partial charge in [-0.05, 0) is 28.8 Å². The van der Waals surface area contributed by atoms with E-state index < -0.39 is 0 Å². The summed E-state index contributed by atoms with van der Waals surface area (Å²) in [6.07, 6.45) is 4.85. The summed E-state index contributed by atoms with van der Waals surface area (Å²) < 4.78 is 17.8. The van der Waals surface area contributed by atoms with E-state index >= 15 is 0 Å². The Hall–Kier alpha value is -3.88. The highest BCUT2D eigenvalue weighted by Gasteiger charge is 2.24. The minimum absolute atomic E-state index is 0.0979. The standard InChI is InChI=1S/C31H32FN5OS/c32-28-15-13-26(14-16-28)22-29-33-31(39-34-29)37(23-27-10-5-2-6-11-27)24-30(38)36-20-18-35(19-21-36)17-7-12-25-8-3-1-4-9-25/h1-16H,17-24H2. The molecule has 0 unspecified atom stereocenters. The Morgan fingerprint density at radius 2 is 1.59 bits per heavy atom. The lowest BCUT2D eigenvalue weighted by molar-refractivity contribution is -0.131. The van der Waals surface area contributed by atoms with Gasteiger partial charge < -0.3 is 9.80 Å². The van der Waals surface area contributed by atoms with E-state index in [0.717, 1.165) is 30.8 Å². The van der Waals surface area contributed by atoms with Crippen molar-refractivity contribution in [1.82, 2.24) is 19.2 Å². The van der Waals surface area contributed by atoms with Gasteiger partial charge in [0.1, 0.15) is 11.6 Å². The van der Waals surface area contributed by atoms with Crippen LogP contribution in [0.3, 0.4) is 0 Å². The van der Waals surface area contributed by atoms with Crippen LogP contribution in [0.5, 0.6) is 0 Å². The van der Waals surface area contributed by atoms with Gasteiger partial charge in [0.15, 0.2) is 0 Å². The molecule has 0 atom stereocenters. The average molecular weight is 542 g/mol. The van der Waals surface area contributed by atoms with Crippen LogP contribution in [0.4, 0.5) is 9.52 Å². The third-order valence-corrected chi connectivity index (χ3v) is 7.56. The molecule has 0 saturated carbocycles. The van der Waals surface area contributed by atoms with Gasteiger partial charge in [-0.2, -0.15) is 4.37 Å². The highest BCUT2D eigenvalue weighted by atomic mass is 32.1. The maximum Gasteiger partial charge on any atom is 0.242 e. The normalized spacial score (nSPS) is 14.1. The molecule has 0 spiro atoms. The predicted octanol–water partition coefficient (Wildman–Crippen LogP) is 5.13. The fourth-order valence-electron chi connectivity index (χ4n) is 4.57. The molecule has 1 aromatic heterocycles. The fraction of sp³-hybridized carbons (Fsp3) is 0.258. The zero-order valence-corrected chi connectivity index (χ0v) is 22.6. The molecule has 1 amide bonds. The largest absolute Gasteiger partial charge is 0.339 e. The van der Waals surface area contributed by atoms with Crippen molar-refractivity contribution in [1.29, 1.82) is 0 Å². The van der Waals surface area contributed by atoms with Gasteiger partial charge >= 0.3 is 0 Å². The van der Waals surface area contributed by atoms with E-state index in [2.05, 4.69) is 45.7 Å². The van der Waals surface area contributed by atoms with Crippen LogP contribution in [0.1, 0.15) is 22.5 Å². The number of amides is 1. The van der Waals surface area contributed by atoms with Crippen molar-refractivity contribution in [3.8, 4) is 0 Å². The Morgan fingerprint density at radius 3 is 2.31 bits per heavy atom. The summed E-state index contributed by atoms with van der Waals surface area (Å²) in [5.41, 5.74) is 3.25. The zero-order valence-electron chi connectivity index (χ0n) is 21.8. The number of halogens is 1. The summed E-state index contributed by atoms with van der Waals surface area (Å²) in [6.45, 7) is 4.81. The quantitative estimate of drug-likeness (QED) is 0.279. The molecule has 0 bridgehead atoms. The summed E-state index contributed by atoms with van der Waals surface area (Å²) in [7, 11) is 0. The molecule has 200 valence electrons. The van der Waals surface area contributed by atoms with Crippen molar-refractivity contribution in [3.63, 3.8) is 0 Å². The molecule has 0 N–H and O–H groups in total. The summed E-state index contributed by atoms with van der Waals surface area (Å²) >= 11 is 1.30. The number of nitrogens with zero attached hydrogens (tertiary/aromatic N) is 5. The van der Waals surface area contributed by atoms with Crippen LogP contribution in [0.25, 0.3) is 6.08 Å². The first-order valence-electron chi connectivity index (χ1n) is 13.2. The molecule has 39 heavy (non-hydrogen) atoms. The number of carbonyl (C=O) groups is 1. The van der Waals surface area contributed by atoms with Gasteiger partial charge in [0, 0.05) is 57.2 Å². The average Bonchev–Trinajstić information content (AvgIpc) is 3.44. The van der Waals surface area contributed by atoms with E-state index in [1.54, 1.807) is 12.1 Å². The van der Waals surface area contributed by atoms with Crippen LogP contribution in [0.2, 0.25) is 0 Å². The maximum atomic E-state index is 13.4. The number of hydrogen-bond acceptors (Lipinski definition) is 6. The van der Waals surface area contributed by atoms with E-state index in [1.165, 1.54) is 29.2 Å². The highest BCUT2D eigenvalue weighted by Crippen LogP contribution is 2.22. The van der Waals surface area contributed by atoms with Gasteiger partial charge in [-0.25, -0.2) is 9.37 Å². The topological polar surface area (TPSA) is 52.6 Å². The fourth-order valence-corrected chi connectivity index (χ4v) is 5.25. The molecule has 0 radical (unpaired) electrons. The van der Waals surface area contributed by atoms with Gasteiger partial charge in [-0.1, -0.05) is 84.9 Å². The highest BCUT2D eigenvalue weighted by molar-refractivity contribution is 7.09. The van der Waals surface area contributed by atoms with Gasteiger partial charge in [0.05, 0.1) is 6.54 Å². The van der Waals surface area contributed by atoms with Crippen molar-refractivity contribution in [2.45, 2.75) is 13.0 Å². The lowest BCUT2D eigenvalue weighted by Gasteiger charge is -2.35. The molecule has 1 aliphatic rings. The lowest BCUT2D eigenvalue weighted by Crippen LogP contribution is -2.51. The second-order valence-electron chi connectivity index (χ2n) is 9.63.